The third-order valence-corrected chi connectivity index (χ3v) is 4.43. The van der Waals surface area contributed by atoms with Crippen LogP contribution in [-0.4, -0.2) is 51.6 Å². The maximum absolute atomic E-state index is 5.93. The van der Waals surface area contributed by atoms with Crippen molar-refractivity contribution in [1.29, 1.82) is 0 Å². The molecule has 2 N–H and O–H groups in total. The molecule has 0 unspecified atom stereocenters. The molecular weight excluding hydrogens is 308 g/mol. The first-order valence-electron chi connectivity index (χ1n) is 8.34. The van der Waals surface area contributed by atoms with Crippen molar-refractivity contribution >= 4 is 0 Å². The van der Waals surface area contributed by atoms with Gasteiger partial charge in [0.1, 0.15) is 17.4 Å². The number of rotatable bonds is 8. The van der Waals surface area contributed by atoms with E-state index in [0.29, 0.717) is 31.7 Å². The van der Waals surface area contributed by atoms with Gasteiger partial charge in [-0.05, 0) is 26.8 Å². The largest absolute Gasteiger partial charge is 0.383 e. The summed E-state index contributed by atoms with van der Waals surface area (Å²) in [5.74, 6) is 3.23. The summed E-state index contributed by atoms with van der Waals surface area (Å²) in [7, 11) is 3.75. The normalized spacial score (nSPS) is 20.5. The van der Waals surface area contributed by atoms with Crippen molar-refractivity contribution in [1.82, 2.24) is 24.8 Å². The lowest BCUT2D eigenvalue weighted by Gasteiger charge is -2.32. The molecule has 2 aromatic rings. The summed E-state index contributed by atoms with van der Waals surface area (Å²) in [5, 5.41) is 12.9. The van der Waals surface area contributed by atoms with Gasteiger partial charge in [0.2, 0.25) is 0 Å². The molecule has 0 saturated heterocycles. The van der Waals surface area contributed by atoms with Gasteiger partial charge in [0.25, 0.3) is 0 Å². The van der Waals surface area contributed by atoms with Crippen LogP contribution >= 0.6 is 0 Å². The molecule has 0 atom stereocenters. The van der Waals surface area contributed by atoms with Gasteiger partial charge in [-0.25, -0.2) is 0 Å². The van der Waals surface area contributed by atoms with Gasteiger partial charge < -0.3 is 19.6 Å². The van der Waals surface area contributed by atoms with Crippen LogP contribution in [-0.2, 0) is 24.4 Å². The van der Waals surface area contributed by atoms with Gasteiger partial charge in [0.15, 0.2) is 0 Å². The van der Waals surface area contributed by atoms with Gasteiger partial charge in [-0.1, -0.05) is 5.16 Å². The number of aromatic nitrogens is 4. The molecule has 0 amide bonds. The Balaban J connectivity index is 1.69. The Morgan fingerprint density at radius 1 is 1.38 bits per heavy atom. The Kier molecular flexibility index (Phi) is 5.27. The van der Waals surface area contributed by atoms with Crippen molar-refractivity contribution in [2.75, 3.05) is 20.8 Å². The SMILES string of the molecule is COCCn1c(CN(C)Cc2cc(C)on2)nnc1C1CC(N)C1. The van der Waals surface area contributed by atoms with E-state index in [1.165, 1.54) is 0 Å². The van der Waals surface area contributed by atoms with Crippen LogP contribution in [0.25, 0.3) is 0 Å². The van der Waals surface area contributed by atoms with E-state index in [9.17, 15) is 0 Å². The molecule has 8 nitrogen and oxygen atoms in total. The third-order valence-electron chi connectivity index (χ3n) is 4.43. The molecule has 2 heterocycles. The van der Waals surface area contributed by atoms with Gasteiger partial charge in [0, 0.05) is 38.2 Å². The van der Waals surface area contributed by atoms with E-state index in [2.05, 4.69) is 24.8 Å². The number of hydrogen-bond donors (Lipinski definition) is 1. The lowest BCUT2D eigenvalue weighted by molar-refractivity contribution is 0.181. The quantitative estimate of drug-likeness (QED) is 0.771. The molecule has 0 radical (unpaired) electrons. The smallest absolute Gasteiger partial charge is 0.147 e. The first-order chi connectivity index (χ1) is 11.6. The van der Waals surface area contributed by atoms with Crippen LogP contribution in [0.1, 0.15) is 41.9 Å². The standard InChI is InChI=1S/C16H26N6O2/c1-11-6-14(20-24-11)9-21(2)10-15-18-19-16(12-7-13(17)8-12)22(15)4-5-23-3/h6,12-13H,4-5,7-10,17H2,1-3H3. The molecule has 1 saturated carbocycles. The van der Waals surface area contributed by atoms with Crippen molar-refractivity contribution in [2.45, 2.75) is 51.4 Å². The van der Waals surface area contributed by atoms with Gasteiger partial charge >= 0.3 is 0 Å². The summed E-state index contributed by atoms with van der Waals surface area (Å²) in [6, 6.07) is 2.25. The lowest BCUT2D eigenvalue weighted by atomic mass is 9.80. The van der Waals surface area contributed by atoms with Crippen molar-refractivity contribution in [3.05, 3.63) is 29.2 Å². The van der Waals surface area contributed by atoms with Gasteiger partial charge in [-0.2, -0.15) is 0 Å². The third kappa shape index (κ3) is 3.82. The summed E-state index contributed by atoms with van der Waals surface area (Å²) in [5.41, 5.74) is 6.85. The Bertz CT molecular complexity index is 661. The number of methoxy groups -OCH3 is 1. The number of nitrogens with two attached hydrogens (primary N) is 1. The first-order valence-corrected chi connectivity index (χ1v) is 8.34. The van der Waals surface area contributed by atoms with Gasteiger partial charge in [-0.15, -0.1) is 10.2 Å². The molecule has 1 aliphatic carbocycles. The van der Waals surface area contributed by atoms with Crippen molar-refractivity contribution in [2.24, 2.45) is 5.73 Å². The molecule has 0 spiro atoms. The van der Waals surface area contributed by atoms with Crippen LogP contribution in [0.2, 0.25) is 0 Å². The predicted molar refractivity (Wildman–Crippen MR) is 88.3 cm³/mol. The molecule has 2 aromatic heterocycles. The molecule has 1 fully saturated rings. The molecule has 3 rings (SSSR count). The first kappa shape index (κ1) is 17.1. The topological polar surface area (TPSA) is 95.2 Å². The second-order valence-electron chi connectivity index (χ2n) is 6.65. The van der Waals surface area contributed by atoms with Gasteiger partial charge in [0.05, 0.1) is 18.8 Å². The highest BCUT2D eigenvalue weighted by Crippen LogP contribution is 2.34. The Morgan fingerprint density at radius 3 is 2.79 bits per heavy atom. The van der Waals surface area contributed by atoms with Gasteiger partial charge in [-0.3, -0.25) is 4.90 Å². The van der Waals surface area contributed by atoms with Crippen molar-refractivity contribution < 1.29 is 9.26 Å². The van der Waals surface area contributed by atoms with Crippen LogP contribution < -0.4 is 5.73 Å². The van der Waals surface area contributed by atoms with E-state index >= 15 is 0 Å². The Labute approximate surface area is 142 Å². The van der Waals surface area contributed by atoms with Crippen LogP contribution in [0.3, 0.4) is 0 Å². The average molecular weight is 334 g/mol. The van der Waals surface area contributed by atoms with E-state index in [0.717, 1.165) is 42.5 Å². The average Bonchev–Trinajstić information content (AvgIpc) is 3.08. The maximum Gasteiger partial charge on any atom is 0.147 e. The molecule has 0 aliphatic heterocycles. The molecule has 0 aromatic carbocycles. The Hall–Kier alpha value is -1.77. The van der Waals surface area contributed by atoms with Crippen LogP contribution in [0.15, 0.2) is 10.6 Å². The highest BCUT2D eigenvalue weighted by molar-refractivity contribution is 5.09. The summed E-state index contributed by atoms with van der Waals surface area (Å²) in [6.45, 7) is 4.70. The number of nitrogens with zero attached hydrogens (tertiary/aromatic N) is 5. The second-order valence-corrected chi connectivity index (χ2v) is 6.65. The summed E-state index contributed by atoms with van der Waals surface area (Å²) in [6.07, 6.45) is 1.97. The molecule has 1 aliphatic rings. The van der Waals surface area contributed by atoms with E-state index in [1.807, 2.05) is 20.0 Å². The summed E-state index contributed by atoms with van der Waals surface area (Å²) >= 11 is 0. The second kappa shape index (κ2) is 7.42. The minimum atomic E-state index is 0.295. The fourth-order valence-electron chi connectivity index (χ4n) is 3.13. The van der Waals surface area contributed by atoms with Crippen molar-refractivity contribution in [3.63, 3.8) is 0 Å². The van der Waals surface area contributed by atoms with Crippen molar-refractivity contribution in [3.8, 4) is 0 Å². The highest BCUT2D eigenvalue weighted by Gasteiger charge is 2.32. The minimum absolute atomic E-state index is 0.295. The van der Waals surface area contributed by atoms with Crippen LogP contribution in [0.4, 0.5) is 0 Å². The van der Waals surface area contributed by atoms with E-state index < -0.39 is 0 Å². The zero-order chi connectivity index (χ0) is 17.1. The number of ether oxygens (including phenoxy) is 1. The molecule has 0 bridgehead atoms. The number of aryl methyl sites for hydroxylation is 1. The zero-order valence-corrected chi connectivity index (χ0v) is 14.6. The maximum atomic E-state index is 5.93. The van der Waals surface area contributed by atoms with E-state index in [1.54, 1.807) is 7.11 Å². The predicted octanol–water partition coefficient (Wildman–Crippen LogP) is 1.06. The van der Waals surface area contributed by atoms with Crippen LogP contribution in [0.5, 0.6) is 0 Å². The Morgan fingerprint density at radius 2 is 2.17 bits per heavy atom. The molecule has 24 heavy (non-hydrogen) atoms. The number of hydrogen-bond acceptors (Lipinski definition) is 7. The monoisotopic (exact) mass is 334 g/mol. The molecule has 132 valence electrons. The minimum Gasteiger partial charge on any atom is -0.383 e. The molecule has 8 heteroatoms. The zero-order valence-electron chi connectivity index (χ0n) is 14.6. The fraction of sp³-hybridized carbons (Fsp3) is 0.688. The molecular formula is C16H26N6O2. The summed E-state index contributed by atoms with van der Waals surface area (Å²) in [4.78, 5) is 2.15. The lowest BCUT2D eigenvalue weighted by Crippen LogP contribution is -2.36. The highest BCUT2D eigenvalue weighted by atomic mass is 16.5. The van der Waals surface area contributed by atoms with Crippen LogP contribution in [0, 0.1) is 6.92 Å². The summed E-state index contributed by atoms with van der Waals surface area (Å²) < 4.78 is 12.6. The fourth-order valence-corrected chi connectivity index (χ4v) is 3.13. The van der Waals surface area contributed by atoms with E-state index in [-0.39, 0.29) is 0 Å². The van der Waals surface area contributed by atoms with E-state index in [4.69, 9.17) is 15.0 Å².